The Morgan fingerprint density at radius 2 is 2.23 bits per heavy atom. The normalized spacial score (nSPS) is 12.5. The zero-order valence-corrected chi connectivity index (χ0v) is 8.81. The van der Waals surface area contributed by atoms with Crippen molar-refractivity contribution in [1.82, 2.24) is 5.32 Å². The fourth-order valence-electron chi connectivity index (χ4n) is 1.000. The van der Waals surface area contributed by atoms with Crippen LogP contribution >= 0.6 is 0 Å². The SMILES string of the molecule is CCC(C)CCC(=O)NCCCN. The highest BCUT2D eigenvalue weighted by Crippen LogP contribution is 2.08. The second-order valence-corrected chi connectivity index (χ2v) is 3.54. The van der Waals surface area contributed by atoms with Crippen molar-refractivity contribution in [3.8, 4) is 0 Å². The number of hydrogen-bond acceptors (Lipinski definition) is 2. The summed E-state index contributed by atoms with van der Waals surface area (Å²) in [6, 6.07) is 0. The Morgan fingerprint density at radius 3 is 2.77 bits per heavy atom. The maximum absolute atomic E-state index is 11.2. The molecule has 0 heterocycles. The Balaban J connectivity index is 3.30. The van der Waals surface area contributed by atoms with Gasteiger partial charge in [-0.1, -0.05) is 20.3 Å². The van der Waals surface area contributed by atoms with Crippen LogP contribution < -0.4 is 11.1 Å². The van der Waals surface area contributed by atoms with Gasteiger partial charge in [0.1, 0.15) is 0 Å². The van der Waals surface area contributed by atoms with Crippen LogP contribution in [0.3, 0.4) is 0 Å². The first-order valence-corrected chi connectivity index (χ1v) is 5.17. The number of rotatable bonds is 7. The van der Waals surface area contributed by atoms with Gasteiger partial charge in [0.2, 0.25) is 5.91 Å². The maximum Gasteiger partial charge on any atom is 0.220 e. The summed E-state index contributed by atoms with van der Waals surface area (Å²) in [4.78, 5) is 11.2. The lowest BCUT2D eigenvalue weighted by Gasteiger charge is -2.08. The molecule has 0 aromatic heterocycles. The highest BCUT2D eigenvalue weighted by molar-refractivity contribution is 5.75. The molecule has 3 N–H and O–H groups in total. The second kappa shape index (κ2) is 8.05. The van der Waals surface area contributed by atoms with Gasteiger partial charge in [-0.2, -0.15) is 0 Å². The summed E-state index contributed by atoms with van der Waals surface area (Å²) in [5.41, 5.74) is 5.31. The molecule has 0 aromatic carbocycles. The molecule has 3 nitrogen and oxygen atoms in total. The summed E-state index contributed by atoms with van der Waals surface area (Å²) in [6.07, 6.45) is 3.66. The Labute approximate surface area is 81.1 Å². The van der Waals surface area contributed by atoms with Crippen LogP contribution in [0.4, 0.5) is 0 Å². The number of carbonyl (C=O) groups excluding carboxylic acids is 1. The van der Waals surface area contributed by atoms with Crippen molar-refractivity contribution in [1.29, 1.82) is 0 Å². The molecule has 0 aliphatic heterocycles. The monoisotopic (exact) mass is 186 g/mol. The molecule has 1 amide bonds. The van der Waals surface area contributed by atoms with E-state index in [9.17, 15) is 4.79 Å². The minimum atomic E-state index is 0.161. The van der Waals surface area contributed by atoms with E-state index in [1.54, 1.807) is 0 Å². The Kier molecular flexibility index (Phi) is 7.69. The minimum Gasteiger partial charge on any atom is -0.356 e. The van der Waals surface area contributed by atoms with Crippen LogP contribution in [0.5, 0.6) is 0 Å². The number of nitrogens with two attached hydrogens (primary N) is 1. The molecule has 0 radical (unpaired) electrons. The van der Waals surface area contributed by atoms with Gasteiger partial charge < -0.3 is 11.1 Å². The Bertz CT molecular complexity index is 137. The van der Waals surface area contributed by atoms with Crippen LogP contribution in [-0.4, -0.2) is 19.0 Å². The van der Waals surface area contributed by atoms with Crippen molar-refractivity contribution in [2.45, 2.75) is 39.5 Å². The van der Waals surface area contributed by atoms with E-state index in [1.165, 1.54) is 0 Å². The molecule has 0 aromatic rings. The maximum atomic E-state index is 11.2. The van der Waals surface area contributed by atoms with Gasteiger partial charge in [-0.25, -0.2) is 0 Å². The van der Waals surface area contributed by atoms with E-state index in [0.29, 0.717) is 18.9 Å². The lowest BCUT2D eigenvalue weighted by Crippen LogP contribution is -2.26. The van der Waals surface area contributed by atoms with Crippen molar-refractivity contribution < 1.29 is 4.79 Å². The zero-order chi connectivity index (χ0) is 10.1. The Morgan fingerprint density at radius 1 is 1.54 bits per heavy atom. The lowest BCUT2D eigenvalue weighted by molar-refractivity contribution is -0.121. The molecule has 3 heteroatoms. The van der Waals surface area contributed by atoms with Gasteiger partial charge in [-0.3, -0.25) is 4.79 Å². The number of nitrogens with one attached hydrogen (secondary N) is 1. The molecule has 0 fully saturated rings. The molecule has 0 bridgehead atoms. The first-order chi connectivity index (χ1) is 6.20. The molecular weight excluding hydrogens is 164 g/mol. The van der Waals surface area contributed by atoms with Gasteiger partial charge >= 0.3 is 0 Å². The van der Waals surface area contributed by atoms with E-state index in [0.717, 1.165) is 25.8 Å². The highest BCUT2D eigenvalue weighted by atomic mass is 16.1. The molecule has 78 valence electrons. The van der Waals surface area contributed by atoms with E-state index in [4.69, 9.17) is 5.73 Å². The molecule has 0 rings (SSSR count). The van der Waals surface area contributed by atoms with Crippen molar-refractivity contribution in [2.24, 2.45) is 11.7 Å². The van der Waals surface area contributed by atoms with Crippen LogP contribution in [0.1, 0.15) is 39.5 Å². The van der Waals surface area contributed by atoms with Gasteiger partial charge in [-0.15, -0.1) is 0 Å². The molecular formula is C10H22N2O. The molecule has 1 unspecified atom stereocenters. The van der Waals surface area contributed by atoms with Crippen LogP contribution in [0.25, 0.3) is 0 Å². The fourth-order valence-corrected chi connectivity index (χ4v) is 1.000. The smallest absolute Gasteiger partial charge is 0.220 e. The fraction of sp³-hybridized carbons (Fsp3) is 0.900. The molecule has 0 aliphatic rings. The third-order valence-electron chi connectivity index (χ3n) is 2.26. The first-order valence-electron chi connectivity index (χ1n) is 5.17. The molecule has 0 aliphatic carbocycles. The first kappa shape index (κ1) is 12.4. The summed E-state index contributed by atoms with van der Waals surface area (Å²) in [7, 11) is 0. The minimum absolute atomic E-state index is 0.161. The highest BCUT2D eigenvalue weighted by Gasteiger charge is 2.03. The summed E-state index contributed by atoms with van der Waals surface area (Å²) < 4.78 is 0. The number of amides is 1. The zero-order valence-electron chi connectivity index (χ0n) is 8.81. The van der Waals surface area contributed by atoms with Crippen LogP contribution in [0.2, 0.25) is 0 Å². The molecule has 0 spiro atoms. The van der Waals surface area contributed by atoms with E-state index in [2.05, 4.69) is 19.2 Å². The predicted octanol–water partition coefficient (Wildman–Crippen LogP) is 1.28. The quantitative estimate of drug-likeness (QED) is 0.588. The number of carbonyl (C=O) groups is 1. The summed E-state index contributed by atoms with van der Waals surface area (Å²) >= 11 is 0. The van der Waals surface area contributed by atoms with Crippen molar-refractivity contribution >= 4 is 5.91 Å². The van der Waals surface area contributed by atoms with Crippen LogP contribution in [-0.2, 0) is 4.79 Å². The average molecular weight is 186 g/mol. The summed E-state index contributed by atoms with van der Waals surface area (Å²) in [5, 5.41) is 2.84. The average Bonchev–Trinajstić information content (AvgIpc) is 2.14. The second-order valence-electron chi connectivity index (χ2n) is 3.54. The van der Waals surface area contributed by atoms with Crippen molar-refractivity contribution in [3.63, 3.8) is 0 Å². The van der Waals surface area contributed by atoms with Crippen molar-refractivity contribution in [2.75, 3.05) is 13.1 Å². The van der Waals surface area contributed by atoms with Gasteiger partial charge in [0.25, 0.3) is 0 Å². The molecule has 0 saturated carbocycles. The van der Waals surface area contributed by atoms with E-state index in [1.807, 2.05) is 0 Å². The van der Waals surface area contributed by atoms with E-state index < -0.39 is 0 Å². The van der Waals surface area contributed by atoms with E-state index >= 15 is 0 Å². The van der Waals surface area contributed by atoms with E-state index in [-0.39, 0.29) is 5.91 Å². The van der Waals surface area contributed by atoms with Gasteiger partial charge in [-0.05, 0) is 25.3 Å². The molecule has 0 saturated heterocycles. The lowest BCUT2D eigenvalue weighted by atomic mass is 10.0. The Hall–Kier alpha value is -0.570. The predicted molar refractivity (Wildman–Crippen MR) is 55.4 cm³/mol. The standard InChI is InChI=1S/C10H22N2O/c1-3-9(2)5-6-10(13)12-8-4-7-11/h9H,3-8,11H2,1-2H3,(H,12,13). The van der Waals surface area contributed by atoms with Gasteiger partial charge in [0.15, 0.2) is 0 Å². The topological polar surface area (TPSA) is 55.1 Å². The summed E-state index contributed by atoms with van der Waals surface area (Å²) in [6.45, 7) is 5.69. The van der Waals surface area contributed by atoms with Crippen LogP contribution in [0.15, 0.2) is 0 Å². The third-order valence-corrected chi connectivity index (χ3v) is 2.26. The van der Waals surface area contributed by atoms with Gasteiger partial charge in [0, 0.05) is 13.0 Å². The molecule has 1 atom stereocenters. The third kappa shape index (κ3) is 7.78. The molecule has 13 heavy (non-hydrogen) atoms. The summed E-state index contributed by atoms with van der Waals surface area (Å²) in [5.74, 6) is 0.814. The largest absolute Gasteiger partial charge is 0.356 e. The van der Waals surface area contributed by atoms with Gasteiger partial charge in [0.05, 0.1) is 0 Å². The van der Waals surface area contributed by atoms with Crippen LogP contribution in [0, 0.1) is 5.92 Å². The van der Waals surface area contributed by atoms with Crippen molar-refractivity contribution in [3.05, 3.63) is 0 Å². The number of hydrogen-bond donors (Lipinski definition) is 2.